The van der Waals surface area contributed by atoms with Crippen LogP contribution in [0.25, 0.3) is 0 Å². The second-order valence-electron chi connectivity index (χ2n) is 5.51. The number of rotatable bonds is 3. The van der Waals surface area contributed by atoms with Gasteiger partial charge in [-0.3, -0.25) is 0 Å². The number of carboxylic acid groups (broad SMARTS) is 1. The SMILES string of the molecule is O=C(O)C1Cc2ccccc2N1Cc1ccc(C(F)(F)F)cc1. The van der Waals surface area contributed by atoms with Crippen molar-refractivity contribution in [2.75, 3.05) is 4.90 Å². The zero-order valence-corrected chi connectivity index (χ0v) is 12.0. The van der Waals surface area contributed by atoms with E-state index in [1.807, 2.05) is 24.3 Å². The fraction of sp³-hybridized carbons (Fsp3) is 0.235. The van der Waals surface area contributed by atoms with Gasteiger partial charge in [-0.2, -0.15) is 13.2 Å². The Morgan fingerprint density at radius 3 is 2.39 bits per heavy atom. The van der Waals surface area contributed by atoms with Crippen molar-refractivity contribution in [3.8, 4) is 0 Å². The molecular weight excluding hydrogens is 307 g/mol. The van der Waals surface area contributed by atoms with Crippen LogP contribution >= 0.6 is 0 Å². The zero-order chi connectivity index (χ0) is 16.6. The summed E-state index contributed by atoms with van der Waals surface area (Å²) in [5.74, 6) is -0.937. The molecule has 2 aromatic rings. The molecule has 0 saturated heterocycles. The van der Waals surface area contributed by atoms with Crippen molar-refractivity contribution in [2.24, 2.45) is 0 Å². The van der Waals surface area contributed by atoms with Crippen LogP contribution in [0.4, 0.5) is 18.9 Å². The first-order valence-corrected chi connectivity index (χ1v) is 7.10. The van der Waals surface area contributed by atoms with Crippen molar-refractivity contribution in [1.29, 1.82) is 0 Å². The third-order valence-corrected chi connectivity index (χ3v) is 4.01. The fourth-order valence-corrected chi connectivity index (χ4v) is 2.86. The summed E-state index contributed by atoms with van der Waals surface area (Å²) in [5, 5.41) is 9.39. The molecule has 0 bridgehead atoms. The predicted octanol–water partition coefficient (Wildman–Crippen LogP) is 3.72. The summed E-state index contributed by atoms with van der Waals surface area (Å²) in [4.78, 5) is 13.2. The van der Waals surface area contributed by atoms with E-state index in [2.05, 4.69) is 0 Å². The van der Waals surface area contributed by atoms with Gasteiger partial charge in [-0.05, 0) is 29.3 Å². The second kappa shape index (κ2) is 5.61. The number of hydrogen-bond acceptors (Lipinski definition) is 2. The standard InChI is InChI=1S/C17H14F3NO2/c18-17(19,20)13-7-5-11(6-8-13)10-21-14-4-2-1-3-12(14)9-15(21)16(22)23/h1-8,15H,9-10H2,(H,22,23). The lowest BCUT2D eigenvalue weighted by Gasteiger charge is -2.25. The van der Waals surface area contributed by atoms with Crippen LogP contribution in [0.15, 0.2) is 48.5 Å². The zero-order valence-electron chi connectivity index (χ0n) is 12.0. The summed E-state index contributed by atoms with van der Waals surface area (Å²) >= 11 is 0. The molecule has 120 valence electrons. The van der Waals surface area contributed by atoms with E-state index < -0.39 is 23.8 Å². The minimum Gasteiger partial charge on any atom is -0.480 e. The Bertz CT molecular complexity index is 725. The third-order valence-electron chi connectivity index (χ3n) is 4.01. The molecule has 1 N–H and O–H groups in total. The number of nitrogens with zero attached hydrogens (tertiary/aromatic N) is 1. The molecule has 3 rings (SSSR count). The Morgan fingerprint density at radius 1 is 1.13 bits per heavy atom. The molecule has 2 aromatic carbocycles. The van der Waals surface area contributed by atoms with Gasteiger partial charge < -0.3 is 10.0 Å². The normalized spacial score (nSPS) is 17.2. The molecule has 1 atom stereocenters. The van der Waals surface area contributed by atoms with Crippen molar-refractivity contribution in [1.82, 2.24) is 0 Å². The van der Waals surface area contributed by atoms with E-state index in [1.54, 1.807) is 4.90 Å². The number of benzene rings is 2. The van der Waals surface area contributed by atoms with Gasteiger partial charge in [-0.15, -0.1) is 0 Å². The molecule has 0 aromatic heterocycles. The summed E-state index contributed by atoms with van der Waals surface area (Å²) in [5.41, 5.74) is 1.69. The Hall–Kier alpha value is -2.50. The Labute approximate surface area is 131 Å². The third kappa shape index (κ3) is 3.02. The Morgan fingerprint density at radius 2 is 1.78 bits per heavy atom. The van der Waals surface area contributed by atoms with Crippen LogP contribution in [0.1, 0.15) is 16.7 Å². The maximum atomic E-state index is 12.6. The summed E-state index contributed by atoms with van der Waals surface area (Å²) in [6.45, 7) is 0.256. The van der Waals surface area contributed by atoms with Crippen LogP contribution in [0.2, 0.25) is 0 Å². The number of carboxylic acids is 1. The van der Waals surface area contributed by atoms with Gasteiger partial charge in [0.25, 0.3) is 0 Å². The number of carbonyl (C=O) groups is 1. The largest absolute Gasteiger partial charge is 0.480 e. The maximum Gasteiger partial charge on any atom is 0.416 e. The predicted molar refractivity (Wildman–Crippen MR) is 79.2 cm³/mol. The number of hydrogen-bond donors (Lipinski definition) is 1. The summed E-state index contributed by atoms with van der Waals surface area (Å²) in [6, 6.07) is 11.5. The van der Waals surface area contributed by atoms with Crippen LogP contribution < -0.4 is 4.90 Å². The number of fused-ring (bicyclic) bond motifs is 1. The minimum atomic E-state index is -4.37. The lowest BCUT2D eigenvalue weighted by molar-refractivity contribution is -0.138. The molecule has 0 amide bonds. The quantitative estimate of drug-likeness (QED) is 0.936. The molecule has 23 heavy (non-hydrogen) atoms. The first-order valence-electron chi connectivity index (χ1n) is 7.10. The number of halogens is 3. The van der Waals surface area contributed by atoms with Crippen molar-refractivity contribution >= 4 is 11.7 Å². The molecule has 6 heteroatoms. The summed E-state index contributed by atoms with van der Waals surface area (Å²) < 4.78 is 37.8. The van der Waals surface area contributed by atoms with E-state index >= 15 is 0 Å². The monoisotopic (exact) mass is 321 g/mol. The molecule has 0 radical (unpaired) electrons. The summed E-state index contributed by atoms with van der Waals surface area (Å²) in [6.07, 6.45) is -3.98. The average Bonchev–Trinajstić information content (AvgIpc) is 2.86. The fourth-order valence-electron chi connectivity index (χ4n) is 2.86. The second-order valence-corrected chi connectivity index (χ2v) is 5.51. The molecule has 1 aliphatic rings. The highest BCUT2D eigenvalue weighted by Gasteiger charge is 2.34. The van der Waals surface area contributed by atoms with E-state index in [9.17, 15) is 23.1 Å². The first kappa shape index (κ1) is 15.4. The van der Waals surface area contributed by atoms with Crippen LogP contribution in [0.5, 0.6) is 0 Å². The molecule has 0 saturated carbocycles. The number of para-hydroxylation sites is 1. The van der Waals surface area contributed by atoms with E-state index in [0.717, 1.165) is 23.4 Å². The first-order chi connectivity index (χ1) is 10.9. The van der Waals surface area contributed by atoms with Crippen molar-refractivity contribution in [3.05, 3.63) is 65.2 Å². The lowest BCUT2D eigenvalue weighted by Crippen LogP contribution is -2.38. The van der Waals surface area contributed by atoms with Crippen LogP contribution in [0, 0.1) is 0 Å². The molecule has 1 unspecified atom stereocenters. The molecule has 3 nitrogen and oxygen atoms in total. The molecule has 0 fully saturated rings. The van der Waals surface area contributed by atoms with Crippen molar-refractivity contribution in [3.63, 3.8) is 0 Å². The summed E-state index contributed by atoms with van der Waals surface area (Å²) in [7, 11) is 0. The van der Waals surface area contributed by atoms with Gasteiger partial charge in [0.1, 0.15) is 6.04 Å². The lowest BCUT2D eigenvalue weighted by atomic mass is 10.1. The van der Waals surface area contributed by atoms with Crippen molar-refractivity contribution < 1.29 is 23.1 Å². The molecule has 1 heterocycles. The number of aliphatic carboxylic acids is 1. The van der Waals surface area contributed by atoms with Gasteiger partial charge in [-0.25, -0.2) is 4.79 Å². The van der Waals surface area contributed by atoms with Gasteiger partial charge in [0, 0.05) is 18.7 Å². The van der Waals surface area contributed by atoms with Gasteiger partial charge in [0.2, 0.25) is 0 Å². The van der Waals surface area contributed by atoms with Gasteiger partial charge in [0.05, 0.1) is 5.56 Å². The highest BCUT2D eigenvalue weighted by molar-refractivity contribution is 5.82. The maximum absolute atomic E-state index is 12.6. The van der Waals surface area contributed by atoms with Crippen LogP contribution in [-0.4, -0.2) is 17.1 Å². The Balaban J connectivity index is 1.87. The van der Waals surface area contributed by atoms with E-state index in [1.165, 1.54) is 12.1 Å². The minimum absolute atomic E-state index is 0.256. The Kier molecular flexibility index (Phi) is 3.75. The van der Waals surface area contributed by atoms with Crippen molar-refractivity contribution in [2.45, 2.75) is 25.2 Å². The molecule has 0 aliphatic carbocycles. The number of alkyl halides is 3. The highest BCUT2D eigenvalue weighted by atomic mass is 19.4. The smallest absolute Gasteiger partial charge is 0.416 e. The van der Waals surface area contributed by atoms with Crippen LogP contribution in [-0.2, 0) is 23.9 Å². The molecule has 0 spiro atoms. The number of anilines is 1. The van der Waals surface area contributed by atoms with E-state index in [4.69, 9.17) is 0 Å². The van der Waals surface area contributed by atoms with Gasteiger partial charge >= 0.3 is 12.1 Å². The molecule has 1 aliphatic heterocycles. The molecular formula is C17H14F3NO2. The van der Waals surface area contributed by atoms with E-state index in [-0.39, 0.29) is 6.54 Å². The van der Waals surface area contributed by atoms with Crippen LogP contribution in [0.3, 0.4) is 0 Å². The average molecular weight is 321 g/mol. The van der Waals surface area contributed by atoms with Gasteiger partial charge in [-0.1, -0.05) is 30.3 Å². The topological polar surface area (TPSA) is 40.5 Å². The highest BCUT2D eigenvalue weighted by Crippen LogP contribution is 2.34. The van der Waals surface area contributed by atoms with E-state index in [0.29, 0.717) is 12.0 Å². The van der Waals surface area contributed by atoms with Gasteiger partial charge in [0.15, 0.2) is 0 Å².